The summed E-state index contributed by atoms with van der Waals surface area (Å²) in [6, 6.07) is 10.3. The Morgan fingerprint density at radius 3 is 2.80 bits per heavy atom. The van der Waals surface area contributed by atoms with Crippen molar-refractivity contribution in [3.8, 4) is 0 Å². The first-order chi connectivity index (χ1) is 12.0. The summed E-state index contributed by atoms with van der Waals surface area (Å²) in [5, 5.41) is 10.0. The lowest BCUT2D eigenvalue weighted by Crippen LogP contribution is -2.46. The van der Waals surface area contributed by atoms with E-state index in [9.17, 15) is 4.79 Å². The summed E-state index contributed by atoms with van der Waals surface area (Å²) < 4.78 is 9.66. The number of hydrogen-bond acceptors (Lipinski definition) is 5. The van der Waals surface area contributed by atoms with E-state index < -0.39 is 0 Å². The van der Waals surface area contributed by atoms with Crippen LogP contribution in [0.1, 0.15) is 38.7 Å². The summed E-state index contributed by atoms with van der Waals surface area (Å²) in [6.45, 7) is 5.62. The van der Waals surface area contributed by atoms with E-state index in [-0.39, 0.29) is 17.0 Å². The maximum Gasteiger partial charge on any atom is 0.319 e. The van der Waals surface area contributed by atoms with E-state index in [2.05, 4.69) is 58.3 Å². The minimum Gasteiger partial charge on any atom is -0.376 e. The number of anilines is 1. The average Bonchev–Trinajstić information content (AvgIpc) is 3.07. The molecule has 0 unspecified atom stereocenters. The van der Waals surface area contributed by atoms with Crippen molar-refractivity contribution in [2.45, 2.75) is 44.1 Å². The molecule has 2 aromatic rings. The van der Waals surface area contributed by atoms with Crippen LogP contribution in [0.3, 0.4) is 0 Å². The quantitative estimate of drug-likeness (QED) is 0.854. The Balaban J connectivity index is 1.65. The summed E-state index contributed by atoms with van der Waals surface area (Å²) in [7, 11) is 0. The molecular weight excluding hydrogens is 336 g/mol. The number of aromatic nitrogens is 2. The summed E-state index contributed by atoms with van der Waals surface area (Å²) >= 11 is 1.16. The molecule has 1 aliphatic rings. The van der Waals surface area contributed by atoms with Crippen molar-refractivity contribution < 1.29 is 9.53 Å². The van der Waals surface area contributed by atoms with Crippen LogP contribution in [0.2, 0.25) is 0 Å². The molecule has 0 spiro atoms. The highest BCUT2D eigenvalue weighted by Crippen LogP contribution is 2.43. The number of amides is 2. The summed E-state index contributed by atoms with van der Waals surface area (Å²) in [6.07, 6.45) is 4.31. The van der Waals surface area contributed by atoms with Crippen LogP contribution >= 0.6 is 11.5 Å². The smallest absolute Gasteiger partial charge is 0.319 e. The molecule has 134 valence electrons. The zero-order valence-corrected chi connectivity index (χ0v) is 15.4. The zero-order valence-electron chi connectivity index (χ0n) is 14.6. The van der Waals surface area contributed by atoms with E-state index >= 15 is 0 Å². The van der Waals surface area contributed by atoms with Gasteiger partial charge in [0.1, 0.15) is 5.00 Å². The van der Waals surface area contributed by atoms with Gasteiger partial charge in [-0.2, -0.15) is 0 Å². The molecular formula is C18H24N4O2S. The summed E-state index contributed by atoms with van der Waals surface area (Å²) in [4.78, 5) is 12.0. The fraction of sp³-hybridized carbons (Fsp3) is 0.500. The van der Waals surface area contributed by atoms with Crippen molar-refractivity contribution in [3.63, 3.8) is 0 Å². The van der Waals surface area contributed by atoms with Gasteiger partial charge in [-0.15, -0.1) is 5.10 Å². The van der Waals surface area contributed by atoms with E-state index in [1.54, 1.807) is 0 Å². The highest BCUT2D eigenvalue weighted by atomic mass is 32.1. The number of nitrogens with zero attached hydrogens (tertiary/aromatic N) is 2. The molecule has 6 nitrogen and oxygen atoms in total. The minimum atomic E-state index is -0.222. The Hall–Kier alpha value is -1.99. The SMILES string of the molecule is CC1(C)C[C@](CCNC(=O)Nc2cnns2)(c2ccccc2)CCO1. The van der Waals surface area contributed by atoms with Gasteiger partial charge in [-0.3, -0.25) is 5.32 Å². The van der Waals surface area contributed by atoms with Gasteiger partial charge >= 0.3 is 6.03 Å². The van der Waals surface area contributed by atoms with Gasteiger partial charge in [0, 0.05) is 30.1 Å². The van der Waals surface area contributed by atoms with E-state index in [1.807, 2.05) is 6.07 Å². The van der Waals surface area contributed by atoms with Gasteiger partial charge in [0.05, 0.1) is 11.8 Å². The van der Waals surface area contributed by atoms with Gasteiger partial charge < -0.3 is 10.1 Å². The van der Waals surface area contributed by atoms with Crippen molar-refractivity contribution in [2.75, 3.05) is 18.5 Å². The molecule has 2 heterocycles. The number of rotatable bonds is 5. The maximum atomic E-state index is 12.0. The van der Waals surface area contributed by atoms with Crippen molar-refractivity contribution in [1.82, 2.24) is 14.9 Å². The third kappa shape index (κ3) is 4.55. The number of ether oxygens (including phenoxy) is 1. The number of carbonyl (C=O) groups excluding carboxylic acids is 1. The number of urea groups is 1. The molecule has 1 aromatic heterocycles. The Kier molecular flexibility index (Phi) is 5.34. The second-order valence-corrected chi connectivity index (χ2v) is 7.88. The van der Waals surface area contributed by atoms with Gasteiger partial charge in [0.2, 0.25) is 0 Å². The Labute approximate surface area is 152 Å². The lowest BCUT2D eigenvalue weighted by molar-refractivity contribution is -0.0838. The lowest BCUT2D eigenvalue weighted by Gasteiger charge is -2.45. The third-order valence-corrected chi connectivity index (χ3v) is 5.29. The summed E-state index contributed by atoms with van der Waals surface area (Å²) in [5.41, 5.74) is 1.17. The van der Waals surface area contributed by atoms with Crippen molar-refractivity contribution in [2.24, 2.45) is 0 Å². The average molecular weight is 360 g/mol. The highest BCUT2D eigenvalue weighted by molar-refractivity contribution is 7.10. The van der Waals surface area contributed by atoms with Crippen LogP contribution in [0.5, 0.6) is 0 Å². The second kappa shape index (κ2) is 7.49. The van der Waals surface area contributed by atoms with Gasteiger partial charge in [-0.05, 0) is 38.7 Å². The predicted octanol–water partition coefficient (Wildman–Crippen LogP) is 3.58. The van der Waals surface area contributed by atoms with E-state index in [0.717, 1.165) is 37.4 Å². The number of nitrogens with one attached hydrogen (secondary N) is 2. The van der Waals surface area contributed by atoms with Crippen LogP contribution in [0.15, 0.2) is 36.5 Å². The fourth-order valence-electron chi connectivity index (χ4n) is 3.67. The van der Waals surface area contributed by atoms with Gasteiger partial charge in [0.15, 0.2) is 0 Å². The van der Waals surface area contributed by atoms with Crippen LogP contribution in [0.25, 0.3) is 0 Å². The molecule has 1 saturated heterocycles. The zero-order chi connectivity index (χ0) is 17.8. The standard InChI is InChI=1S/C18H24N4O2S/c1-17(2)13-18(9-11-24-17,14-6-4-3-5-7-14)8-10-19-16(23)21-15-12-20-22-25-15/h3-7,12H,8-11,13H2,1-2H3,(H2,19,21,23)/t18-/m1/s1. The van der Waals surface area contributed by atoms with Crippen molar-refractivity contribution in [1.29, 1.82) is 0 Å². The van der Waals surface area contributed by atoms with Crippen LogP contribution < -0.4 is 10.6 Å². The third-order valence-electron chi connectivity index (χ3n) is 4.71. The normalized spacial score (nSPS) is 22.3. The first kappa shape index (κ1) is 17.8. The first-order valence-electron chi connectivity index (χ1n) is 8.51. The molecule has 7 heteroatoms. The second-order valence-electron chi connectivity index (χ2n) is 7.09. The van der Waals surface area contributed by atoms with Crippen LogP contribution in [-0.4, -0.2) is 34.4 Å². The molecule has 0 bridgehead atoms. The molecule has 0 aliphatic carbocycles. The highest BCUT2D eigenvalue weighted by Gasteiger charge is 2.41. The van der Waals surface area contributed by atoms with E-state index in [0.29, 0.717) is 11.5 Å². The Morgan fingerprint density at radius 1 is 1.32 bits per heavy atom. The Bertz CT molecular complexity index is 690. The summed E-state index contributed by atoms with van der Waals surface area (Å²) in [5.74, 6) is 0. The Morgan fingerprint density at radius 2 is 2.12 bits per heavy atom. The molecule has 0 saturated carbocycles. The number of benzene rings is 1. The van der Waals surface area contributed by atoms with Crippen LogP contribution in [-0.2, 0) is 10.2 Å². The lowest BCUT2D eigenvalue weighted by atomic mass is 9.67. The largest absolute Gasteiger partial charge is 0.376 e. The molecule has 2 amide bonds. The monoisotopic (exact) mass is 360 g/mol. The fourth-order valence-corrected chi connectivity index (χ4v) is 4.08. The first-order valence-corrected chi connectivity index (χ1v) is 9.28. The molecule has 2 N–H and O–H groups in total. The van der Waals surface area contributed by atoms with Gasteiger partial charge in [0.25, 0.3) is 0 Å². The van der Waals surface area contributed by atoms with Crippen LogP contribution in [0, 0.1) is 0 Å². The topological polar surface area (TPSA) is 76.1 Å². The van der Waals surface area contributed by atoms with Crippen LogP contribution in [0.4, 0.5) is 9.80 Å². The van der Waals surface area contributed by atoms with E-state index in [4.69, 9.17) is 4.74 Å². The molecule has 1 aromatic carbocycles. The van der Waals surface area contributed by atoms with Crippen molar-refractivity contribution >= 4 is 22.6 Å². The van der Waals surface area contributed by atoms with Crippen molar-refractivity contribution in [3.05, 3.63) is 42.1 Å². The van der Waals surface area contributed by atoms with Gasteiger partial charge in [-0.25, -0.2) is 4.79 Å². The number of carbonyl (C=O) groups is 1. The molecule has 3 rings (SSSR count). The predicted molar refractivity (Wildman–Crippen MR) is 98.9 cm³/mol. The number of hydrogen-bond donors (Lipinski definition) is 2. The maximum absolute atomic E-state index is 12.0. The van der Waals surface area contributed by atoms with Gasteiger partial charge in [-0.1, -0.05) is 34.8 Å². The molecule has 0 radical (unpaired) electrons. The molecule has 1 atom stereocenters. The minimum absolute atomic E-state index is 0.0162. The molecule has 25 heavy (non-hydrogen) atoms. The van der Waals surface area contributed by atoms with E-state index in [1.165, 1.54) is 11.8 Å². The molecule has 1 fully saturated rings. The molecule has 1 aliphatic heterocycles.